The Bertz CT molecular complexity index is 1250. The number of hydrogen-bond donors (Lipinski definition) is 0. The molecule has 0 aromatic heterocycles. The van der Waals surface area contributed by atoms with Crippen LogP contribution in [0.1, 0.15) is 213 Å². The van der Waals surface area contributed by atoms with Crippen molar-refractivity contribution in [1.29, 1.82) is 0 Å². The predicted octanol–water partition coefficient (Wildman–Crippen LogP) is 16.2. The quantitative estimate of drug-likeness (QED) is 0.0263. The fraction of sp³-hybridized carbons (Fsp3) is 0.655. The molecule has 1 atom stereocenters. The van der Waals surface area contributed by atoms with Gasteiger partial charge in [-0.15, -0.1) is 0 Å². The Morgan fingerprint density at radius 1 is 0.344 bits per heavy atom. The summed E-state index contributed by atoms with van der Waals surface area (Å²) in [6.07, 6.45) is 64.0. The molecule has 0 saturated carbocycles. The van der Waals surface area contributed by atoms with E-state index in [0.29, 0.717) is 19.3 Å². The van der Waals surface area contributed by atoms with Crippen molar-refractivity contribution in [3.8, 4) is 0 Å². The van der Waals surface area contributed by atoms with Crippen LogP contribution in [0.15, 0.2) is 97.2 Å². The third-order valence-electron chi connectivity index (χ3n) is 10.3. The van der Waals surface area contributed by atoms with Crippen LogP contribution in [0.3, 0.4) is 0 Å². The zero-order chi connectivity index (χ0) is 44.4. The molecular formula is C55H90O6. The van der Waals surface area contributed by atoms with Gasteiger partial charge in [-0.3, -0.25) is 14.4 Å². The first-order valence-corrected chi connectivity index (χ1v) is 24.8. The maximum absolute atomic E-state index is 12.7. The molecule has 0 aliphatic carbocycles. The van der Waals surface area contributed by atoms with Gasteiger partial charge in [0.15, 0.2) is 6.10 Å². The highest BCUT2D eigenvalue weighted by atomic mass is 16.6. The fourth-order valence-electron chi connectivity index (χ4n) is 6.59. The van der Waals surface area contributed by atoms with Crippen LogP contribution in [0.2, 0.25) is 0 Å². The highest BCUT2D eigenvalue weighted by Crippen LogP contribution is 2.15. The van der Waals surface area contributed by atoms with E-state index in [1.165, 1.54) is 89.9 Å². The van der Waals surface area contributed by atoms with Crippen LogP contribution in [-0.4, -0.2) is 37.2 Å². The molecule has 0 rings (SSSR count). The molecule has 346 valence electrons. The van der Waals surface area contributed by atoms with Crippen LogP contribution in [0, 0.1) is 0 Å². The second-order valence-corrected chi connectivity index (χ2v) is 16.2. The average Bonchev–Trinajstić information content (AvgIpc) is 3.26. The van der Waals surface area contributed by atoms with Gasteiger partial charge in [0.2, 0.25) is 0 Å². The molecule has 0 aromatic carbocycles. The SMILES string of the molecule is CC/C=C/C=C/C=C/C=C/C=C/CCCC(=O)OC(COC(=O)CCCCCCC/C=C/C=C/C=C/CC)COC(=O)CCCCCCCCCCCCCCCCCCC. The number of unbranched alkanes of at least 4 members (excludes halogenated alkanes) is 22. The summed E-state index contributed by atoms with van der Waals surface area (Å²) >= 11 is 0. The van der Waals surface area contributed by atoms with Gasteiger partial charge in [0, 0.05) is 19.3 Å². The molecule has 0 radical (unpaired) electrons. The molecule has 0 aromatic rings. The Labute approximate surface area is 375 Å². The Morgan fingerprint density at radius 2 is 0.656 bits per heavy atom. The van der Waals surface area contributed by atoms with E-state index in [1.807, 2.05) is 60.8 Å². The van der Waals surface area contributed by atoms with Gasteiger partial charge in [-0.1, -0.05) is 240 Å². The average molecular weight is 847 g/mol. The molecule has 0 spiro atoms. The molecule has 0 heterocycles. The predicted molar refractivity (Wildman–Crippen MR) is 260 cm³/mol. The summed E-state index contributed by atoms with van der Waals surface area (Å²) < 4.78 is 16.7. The molecular weight excluding hydrogens is 757 g/mol. The summed E-state index contributed by atoms with van der Waals surface area (Å²) in [5.41, 5.74) is 0. The molecule has 61 heavy (non-hydrogen) atoms. The Morgan fingerprint density at radius 3 is 1.05 bits per heavy atom. The number of esters is 3. The standard InChI is InChI=1S/C55H90O6/c1-4-7-10-13-16-19-22-25-26-27-28-31-33-36-39-42-45-48-54(57)60-51-52(61-55(58)49-46-43-40-37-34-30-24-21-18-15-12-9-6-3)50-59-53(56)47-44-41-38-35-32-29-23-20-17-14-11-8-5-2/h8-9,11-12,14-15,17-18,20-21,23-24,30,34,37,40,52H,4-7,10,13,16,19,22,25-29,31-33,35-36,38-39,41-51H2,1-3H3/b11-8+,12-9+,17-14+,18-15+,23-20+,24-21+,34-30+,40-37+. The van der Waals surface area contributed by atoms with Crippen LogP contribution in [0.4, 0.5) is 0 Å². The topological polar surface area (TPSA) is 78.9 Å². The summed E-state index contributed by atoms with van der Waals surface area (Å²) in [5.74, 6) is -1.01. The molecule has 0 aliphatic rings. The third-order valence-corrected chi connectivity index (χ3v) is 10.3. The van der Waals surface area contributed by atoms with Crippen LogP contribution in [0.5, 0.6) is 0 Å². The first-order chi connectivity index (χ1) is 30.0. The fourth-order valence-corrected chi connectivity index (χ4v) is 6.59. The summed E-state index contributed by atoms with van der Waals surface area (Å²) in [5, 5.41) is 0. The zero-order valence-corrected chi connectivity index (χ0v) is 39.4. The van der Waals surface area contributed by atoms with E-state index in [-0.39, 0.29) is 37.5 Å². The Hall–Kier alpha value is -3.67. The van der Waals surface area contributed by atoms with Crippen molar-refractivity contribution in [3.05, 3.63) is 97.2 Å². The number of rotatable bonds is 43. The molecule has 0 amide bonds. The van der Waals surface area contributed by atoms with Crippen molar-refractivity contribution in [2.24, 2.45) is 0 Å². The summed E-state index contributed by atoms with van der Waals surface area (Å²) in [6.45, 7) is 6.27. The Balaban J connectivity index is 4.47. The molecule has 0 N–H and O–H groups in total. The zero-order valence-electron chi connectivity index (χ0n) is 39.4. The minimum absolute atomic E-state index is 0.112. The van der Waals surface area contributed by atoms with Crippen molar-refractivity contribution in [2.75, 3.05) is 13.2 Å². The van der Waals surface area contributed by atoms with Gasteiger partial charge in [0.25, 0.3) is 0 Å². The van der Waals surface area contributed by atoms with E-state index in [1.54, 1.807) is 0 Å². The van der Waals surface area contributed by atoms with Crippen LogP contribution in [-0.2, 0) is 28.6 Å². The molecule has 6 nitrogen and oxygen atoms in total. The monoisotopic (exact) mass is 847 g/mol. The lowest BCUT2D eigenvalue weighted by atomic mass is 10.0. The van der Waals surface area contributed by atoms with E-state index in [2.05, 4.69) is 57.2 Å². The molecule has 6 heteroatoms. The van der Waals surface area contributed by atoms with E-state index < -0.39 is 6.10 Å². The summed E-state index contributed by atoms with van der Waals surface area (Å²) in [7, 11) is 0. The first kappa shape index (κ1) is 57.3. The maximum atomic E-state index is 12.7. The van der Waals surface area contributed by atoms with Crippen molar-refractivity contribution in [3.63, 3.8) is 0 Å². The van der Waals surface area contributed by atoms with Crippen LogP contribution >= 0.6 is 0 Å². The third kappa shape index (κ3) is 47.2. The highest BCUT2D eigenvalue weighted by Gasteiger charge is 2.19. The normalized spacial score (nSPS) is 12.9. The molecule has 0 fully saturated rings. The largest absolute Gasteiger partial charge is 0.462 e. The Kier molecular flexibility index (Phi) is 46.0. The second-order valence-electron chi connectivity index (χ2n) is 16.2. The minimum atomic E-state index is -0.821. The number of allylic oxidation sites excluding steroid dienone is 16. The van der Waals surface area contributed by atoms with E-state index in [0.717, 1.165) is 77.0 Å². The smallest absolute Gasteiger partial charge is 0.306 e. The highest BCUT2D eigenvalue weighted by molar-refractivity contribution is 5.71. The van der Waals surface area contributed by atoms with Gasteiger partial charge in [-0.25, -0.2) is 0 Å². The number of carbonyl (C=O) groups is 3. The van der Waals surface area contributed by atoms with Gasteiger partial charge in [0.05, 0.1) is 0 Å². The second kappa shape index (κ2) is 49.0. The van der Waals surface area contributed by atoms with Gasteiger partial charge in [-0.2, -0.15) is 0 Å². The van der Waals surface area contributed by atoms with Crippen molar-refractivity contribution >= 4 is 17.9 Å². The number of hydrogen-bond acceptors (Lipinski definition) is 6. The molecule has 0 saturated heterocycles. The van der Waals surface area contributed by atoms with Crippen molar-refractivity contribution < 1.29 is 28.6 Å². The maximum Gasteiger partial charge on any atom is 0.306 e. The van der Waals surface area contributed by atoms with Crippen LogP contribution < -0.4 is 0 Å². The lowest BCUT2D eigenvalue weighted by molar-refractivity contribution is -0.167. The van der Waals surface area contributed by atoms with E-state index in [4.69, 9.17) is 14.2 Å². The molecule has 1 unspecified atom stereocenters. The molecule has 0 bridgehead atoms. The van der Waals surface area contributed by atoms with Gasteiger partial charge in [-0.05, 0) is 51.4 Å². The van der Waals surface area contributed by atoms with E-state index >= 15 is 0 Å². The number of ether oxygens (including phenoxy) is 3. The summed E-state index contributed by atoms with van der Waals surface area (Å²) in [6, 6.07) is 0. The lowest BCUT2D eigenvalue weighted by Crippen LogP contribution is -2.30. The van der Waals surface area contributed by atoms with Gasteiger partial charge >= 0.3 is 17.9 Å². The first-order valence-electron chi connectivity index (χ1n) is 24.8. The van der Waals surface area contributed by atoms with Crippen molar-refractivity contribution in [1.82, 2.24) is 0 Å². The summed E-state index contributed by atoms with van der Waals surface area (Å²) in [4.78, 5) is 37.9. The number of carbonyl (C=O) groups excluding carboxylic acids is 3. The minimum Gasteiger partial charge on any atom is -0.462 e. The molecule has 0 aliphatic heterocycles. The lowest BCUT2D eigenvalue weighted by Gasteiger charge is -2.18. The van der Waals surface area contributed by atoms with Gasteiger partial charge < -0.3 is 14.2 Å². The van der Waals surface area contributed by atoms with Gasteiger partial charge in [0.1, 0.15) is 13.2 Å². The van der Waals surface area contributed by atoms with E-state index in [9.17, 15) is 14.4 Å². The van der Waals surface area contributed by atoms with Crippen LogP contribution in [0.25, 0.3) is 0 Å². The van der Waals surface area contributed by atoms with Crippen molar-refractivity contribution in [2.45, 2.75) is 219 Å².